The van der Waals surface area contributed by atoms with Crippen molar-refractivity contribution in [3.05, 3.63) is 83.9 Å². The summed E-state index contributed by atoms with van der Waals surface area (Å²) in [4.78, 5) is 9.44. The number of rotatable bonds is 2. The lowest BCUT2D eigenvalue weighted by atomic mass is 9.77. The van der Waals surface area contributed by atoms with Crippen molar-refractivity contribution in [3.63, 3.8) is 0 Å². The molecule has 0 aliphatic carbocycles. The Balaban J connectivity index is 1.55. The van der Waals surface area contributed by atoms with Gasteiger partial charge in [-0.15, -0.1) is 0 Å². The maximum Gasteiger partial charge on any atom is 0.228 e. The number of fused-ring (bicyclic) bond motifs is 4. The second-order valence-corrected chi connectivity index (χ2v) is 10.5. The summed E-state index contributed by atoms with van der Waals surface area (Å²) in [5.74, 6) is 0.849. The van der Waals surface area contributed by atoms with Crippen LogP contribution < -0.4 is 14.5 Å². The van der Waals surface area contributed by atoms with Gasteiger partial charge in [-0.3, -0.25) is 4.99 Å². The van der Waals surface area contributed by atoms with E-state index in [0.717, 1.165) is 16.8 Å². The summed E-state index contributed by atoms with van der Waals surface area (Å²) in [6, 6.07) is 25.9. The van der Waals surface area contributed by atoms with Crippen LogP contribution in [0.1, 0.15) is 25.0 Å². The molecule has 176 valence electrons. The summed E-state index contributed by atoms with van der Waals surface area (Å²) in [5.41, 5.74) is 7.20. The number of hydrogen-bond donors (Lipinski definition) is 0. The highest BCUT2D eigenvalue weighted by Crippen LogP contribution is 2.55. The van der Waals surface area contributed by atoms with E-state index in [4.69, 9.17) is 9.73 Å². The molecule has 0 amide bonds. The quantitative estimate of drug-likeness (QED) is 0.319. The van der Waals surface area contributed by atoms with Gasteiger partial charge in [0.15, 0.2) is 5.75 Å². The lowest BCUT2D eigenvalue weighted by Gasteiger charge is -2.45. The van der Waals surface area contributed by atoms with Crippen LogP contribution in [0, 0.1) is 6.92 Å². The fourth-order valence-corrected chi connectivity index (χ4v) is 5.86. The molecule has 0 N–H and O–H groups in total. The molecule has 0 saturated carbocycles. The number of likely N-dealkylation sites (N-methyl/N-ethyl adjacent to an activating group) is 1. The Bertz CT molecular complexity index is 1520. The van der Waals surface area contributed by atoms with Crippen LogP contribution in [0.2, 0.25) is 0 Å². The molecule has 1 atom stereocenters. The highest BCUT2D eigenvalue weighted by Gasteiger charge is 2.58. The summed E-state index contributed by atoms with van der Waals surface area (Å²) < 4.78 is 7.05. The van der Waals surface area contributed by atoms with E-state index in [1.54, 1.807) is 0 Å². The highest BCUT2D eigenvalue weighted by atomic mass is 16.5. The minimum Gasteiger partial charge on any atom is -0.459 e. The SMILES string of the molecule is Cc1cc(N(C)C)ccc1-c1cc2c(c3ccccc13)OC1(C=N2)N(C)c2ccccc2C1(C)C. The maximum atomic E-state index is 7.05. The average molecular weight is 462 g/mol. The van der Waals surface area contributed by atoms with Crippen molar-refractivity contribution in [1.29, 1.82) is 0 Å². The number of para-hydroxylation sites is 1. The van der Waals surface area contributed by atoms with E-state index in [2.05, 4.69) is 125 Å². The monoisotopic (exact) mass is 461 g/mol. The van der Waals surface area contributed by atoms with Gasteiger partial charge in [-0.2, -0.15) is 0 Å². The smallest absolute Gasteiger partial charge is 0.228 e. The predicted molar refractivity (Wildman–Crippen MR) is 148 cm³/mol. The van der Waals surface area contributed by atoms with Gasteiger partial charge in [0.1, 0.15) is 5.69 Å². The van der Waals surface area contributed by atoms with Crippen LogP contribution in [-0.4, -0.2) is 33.1 Å². The third-order valence-corrected chi connectivity index (χ3v) is 7.96. The summed E-state index contributed by atoms with van der Waals surface area (Å²) in [5, 5.41) is 2.27. The van der Waals surface area contributed by atoms with Gasteiger partial charge in [0.05, 0.1) is 11.6 Å². The van der Waals surface area contributed by atoms with Crippen molar-refractivity contribution in [1.82, 2.24) is 0 Å². The molecule has 4 nitrogen and oxygen atoms in total. The minimum atomic E-state index is -0.697. The first kappa shape index (κ1) is 21.7. The largest absolute Gasteiger partial charge is 0.459 e. The molecule has 4 aromatic carbocycles. The number of ether oxygens (including phenoxy) is 1. The summed E-state index contributed by atoms with van der Waals surface area (Å²) in [6.45, 7) is 6.68. The molecular formula is C31H31N3O. The normalized spacial score (nSPS) is 19.5. The Labute approximate surface area is 207 Å². The van der Waals surface area contributed by atoms with Crippen LogP contribution in [-0.2, 0) is 5.41 Å². The van der Waals surface area contributed by atoms with Crippen molar-refractivity contribution < 1.29 is 4.74 Å². The fraction of sp³-hybridized carbons (Fsp3) is 0.258. The molecule has 4 aromatic rings. The van der Waals surface area contributed by atoms with E-state index in [1.165, 1.54) is 39.0 Å². The molecule has 0 fully saturated rings. The second-order valence-electron chi connectivity index (χ2n) is 10.5. The van der Waals surface area contributed by atoms with Crippen LogP contribution in [0.5, 0.6) is 5.75 Å². The zero-order valence-corrected chi connectivity index (χ0v) is 21.3. The molecule has 0 aromatic heterocycles. The Morgan fingerprint density at radius 3 is 2.29 bits per heavy atom. The van der Waals surface area contributed by atoms with Gasteiger partial charge < -0.3 is 14.5 Å². The average Bonchev–Trinajstić information content (AvgIpc) is 3.02. The van der Waals surface area contributed by atoms with Crippen molar-refractivity contribution in [2.45, 2.75) is 31.9 Å². The standard InChI is InChI=1S/C31H31N3O/c1-20-17-21(33(4)5)15-16-22(20)25-18-27-29(24-12-8-7-11-23(24)25)35-31(19-32-27)30(2,3)26-13-9-10-14-28(26)34(31)6/h7-19H,1-6H3. The van der Waals surface area contributed by atoms with Crippen LogP contribution in [0.15, 0.2) is 77.8 Å². The first-order chi connectivity index (χ1) is 16.7. The topological polar surface area (TPSA) is 28.1 Å². The van der Waals surface area contributed by atoms with E-state index in [-0.39, 0.29) is 5.41 Å². The highest BCUT2D eigenvalue weighted by molar-refractivity contribution is 6.06. The molecule has 2 aliphatic rings. The van der Waals surface area contributed by atoms with E-state index in [0.29, 0.717) is 0 Å². The number of benzene rings is 4. The lowest BCUT2D eigenvalue weighted by molar-refractivity contribution is 0.0842. The van der Waals surface area contributed by atoms with Crippen molar-refractivity contribution in [3.8, 4) is 16.9 Å². The van der Waals surface area contributed by atoms with E-state index >= 15 is 0 Å². The van der Waals surface area contributed by atoms with Crippen molar-refractivity contribution in [2.75, 3.05) is 30.9 Å². The molecule has 1 unspecified atom stereocenters. The fourth-order valence-electron chi connectivity index (χ4n) is 5.86. The molecule has 2 heterocycles. The third kappa shape index (κ3) is 2.89. The lowest BCUT2D eigenvalue weighted by Crippen LogP contribution is -2.61. The number of hydrogen-bond acceptors (Lipinski definition) is 4. The van der Waals surface area contributed by atoms with Crippen LogP contribution in [0.3, 0.4) is 0 Å². The second kappa shape index (κ2) is 7.35. The molecule has 2 aliphatic heterocycles. The molecule has 4 heteroatoms. The van der Waals surface area contributed by atoms with Gasteiger partial charge in [0, 0.05) is 37.9 Å². The van der Waals surface area contributed by atoms with Gasteiger partial charge in [0.25, 0.3) is 0 Å². The zero-order valence-electron chi connectivity index (χ0n) is 21.3. The van der Waals surface area contributed by atoms with Crippen LogP contribution in [0.4, 0.5) is 17.1 Å². The van der Waals surface area contributed by atoms with Crippen molar-refractivity contribution in [2.24, 2.45) is 4.99 Å². The van der Waals surface area contributed by atoms with Gasteiger partial charge in [-0.1, -0.05) is 48.5 Å². The van der Waals surface area contributed by atoms with E-state index in [9.17, 15) is 0 Å². The Morgan fingerprint density at radius 2 is 1.57 bits per heavy atom. The van der Waals surface area contributed by atoms with Crippen LogP contribution >= 0.6 is 0 Å². The first-order valence-electron chi connectivity index (χ1n) is 12.2. The molecule has 6 rings (SSSR count). The van der Waals surface area contributed by atoms with E-state index in [1.807, 2.05) is 6.21 Å². The summed E-state index contributed by atoms with van der Waals surface area (Å²) in [6.07, 6.45) is 2.01. The van der Waals surface area contributed by atoms with E-state index < -0.39 is 5.72 Å². The van der Waals surface area contributed by atoms with Gasteiger partial charge >= 0.3 is 0 Å². The molecule has 0 bridgehead atoms. The Kier molecular flexibility index (Phi) is 4.56. The number of anilines is 2. The van der Waals surface area contributed by atoms with Gasteiger partial charge in [0.2, 0.25) is 5.72 Å². The van der Waals surface area contributed by atoms with Crippen LogP contribution in [0.25, 0.3) is 21.9 Å². The zero-order chi connectivity index (χ0) is 24.5. The van der Waals surface area contributed by atoms with Crippen molar-refractivity contribution >= 4 is 34.0 Å². The summed E-state index contributed by atoms with van der Waals surface area (Å²) in [7, 11) is 6.26. The number of aryl methyl sites for hydroxylation is 1. The molecule has 35 heavy (non-hydrogen) atoms. The third-order valence-electron chi connectivity index (χ3n) is 7.96. The number of aliphatic imine (C=N–C) groups is 1. The molecule has 1 spiro atoms. The predicted octanol–water partition coefficient (Wildman–Crippen LogP) is 7.10. The summed E-state index contributed by atoms with van der Waals surface area (Å²) >= 11 is 0. The first-order valence-corrected chi connectivity index (χ1v) is 12.2. The number of nitrogens with zero attached hydrogens (tertiary/aromatic N) is 3. The molecule has 0 saturated heterocycles. The molecular weight excluding hydrogens is 430 g/mol. The van der Waals surface area contributed by atoms with Gasteiger partial charge in [-0.25, -0.2) is 0 Å². The molecule has 0 radical (unpaired) electrons. The minimum absolute atomic E-state index is 0.280. The Hall–Kier alpha value is -3.79. The Morgan fingerprint density at radius 1 is 0.857 bits per heavy atom. The maximum absolute atomic E-state index is 7.05. The van der Waals surface area contributed by atoms with Gasteiger partial charge in [-0.05, 0) is 72.7 Å².